The third-order valence-electron chi connectivity index (χ3n) is 4.92. The Morgan fingerprint density at radius 3 is 1.58 bits per heavy atom. The molecule has 0 amide bonds. The van der Waals surface area contributed by atoms with Gasteiger partial charge in [-0.3, -0.25) is 0 Å². The standard InChI is InChI=1S/2C13H11BrFNO2/c1-17-11-7-10(14)12(16-13(11)18-2)8-3-5-9(15)6-4-8;1-17-11-7-10(12(14)16-13(11)18-2)8-3-5-9(15)6-4-8/h2*3-7H,1-2H3. The minimum Gasteiger partial charge on any atom is -0.491 e. The molecule has 0 saturated heterocycles. The van der Waals surface area contributed by atoms with E-state index in [1.54, 1.807) is 50.6 Å². The number of aromatic nitrogens is 2. The Balaban J connectivity index is 0.000000201. The van der Waals surface area contributed by atoms with Crippen molar-refractivity contribution in [2.75, 3.05) is 28.4 Å². The highest BCUT2D eigenvalue weighted by Gasteiger charge is 2.14. The predicted octanol–water partition coefficient (Wildman–Crippen LogP) is 7.33. The van der Waals surface area contributed by atoms with Crippen LogP contribution in [0.4, 0.5) is 8.78 Å². The SMILES string of the molecule is COc1cc(-c2ccc(F)cc2)c(Br)nc1OC.COc1cc(Br)c(-c2ccc(F)cc2)nc1OC. The fraction of sp³-hybridized carbons (Fsp3) is 0.154. The maximum Gasteiger partial charge on any atom is 0.257 e. The van der Waals surface area contributed by atoms with E-state index in [2.05, 4.69) is 41.8 Å². The summed E-state index contributed by atoms with van der Waals surface area (Å²) in [5.74, 6) is 1.30. The maximum absolute atomic E-state index is 12.9. The lowest BCUT2D eigenvalue weighted by atomic mass is 10.1. The molecule has 0 unspecified atom stereocenters. The summed E-state index contributed by atoms with van der Waals surface area (Å²) in [6.07, 6.45) is 0. The van der Waals surface area contributed by atoms with Gasteiger partial charge in [-0.15, -0.1) is 0 Å². The number of halogens is 4. The number of hydrogen-bond donors (Lipinski definition) is 0. The Hall–Kier alpha value is -3.24. The summed E-state index contributed by atoms with van der Waals surface area (Å²) in [7, 11) is 6.13. The van der Waals surface area contributed by atoms with Gasteiger partial charge >= 0.3 is 0 Å². The van der Waals surface area contributed by atoms with E-state index in [4.69, 9.17) is 18.9 Å². The van der Waals surface area contributed by atoms with E-state index >= 15 is 0 Å². The molecule has 188 valence electrons. The lowest BCUT2D eigenvalue weighted by Crippen LogP contribution is -1.96. The molecule has 0 aliphatic carbocycles. The van der Waals surface area contributed by atoms with Gasteiger partial charge in [-0.05, 0) is 79.9 Å². The molecule has 2 heterocycles. The van der Waals surface area contributed by atoms with Crippen molar-refractivity contribution in [3.63, 3.8) is 0 Å². The molecule has 10 heteroatoms. The third-order valence-corrected chi connectivity index (χ3v) is 6.12. The summed E-state index contributed by atoms with van der Waals surface area (Å²) in [5, 5.41) is 0. The van der Waals surface area contributed by atoms with Crippen LogP contribution in [0.1, 0.15) is 0 Å². The Labute approximate surface area is 224 Å². The van der Waals surface area contributed by atoms with Crippen LogP contribution in [-0.4, -0.2) is 38.4 Å². The predicted molar refractivity (Wildman–Crippen MR) is 141 cm³/mol. The van der Waals surface area contributed by atoms with Crippen LogP contribution in [0.25, 0.3) is 22.4 Å². The molecule has 0 saturated carbocycles. The van der Waals surface area contributed by atoms with E-state index in [0.717, 1.165) is 21.2 Å². The van der Waals surface area contributed by atoms with E-state index in [-0.39, 0.29) is 11.6 Å². The first-order chi connectivity index (χ1) is 17.3. The van der Waals surface area contributed by atoms with Crippen LogP contribution in [0, 0.1) is 11.6 Å². The van der Waals surface area contributed by atoms with E-state index in [1.807, 2.05) is 0 Å². The van der Waals surface area contributed by atoms with Crippen molar-refractivity contribution in [3.8, 4) is 45.6 Å². The highest BCUT2D eigenvalue weighted by Crippen LogP contribution is 2.36. The first-order valence-electron chi connectivity index (χ1n) is 10.4. The Kier molecular flexibility index (Phi) is 9.60. The summed E-state index contributed by atoms with van der Waals surface area (Å²) in [4.78, 5) is 8.58. The van der Waals surface area contributed by atoms with Gasteiger partial charge in [-0.25, -0.2) is 18.7 Å². The zero-order valence-corrected chi connectivity index (χ0v) is 23.0. The molecule has 0 radical (unpaired) electrons. The van der Waals surface area contributed by atoms with Gasteiger partial charge in [0.2, 0.25) is 0 Å². The van der Waals surface area contributed by atoms with Crippen LogP contribution in [0.15, 0.2) is 69.7 Å². The summed E-state index contributed by atoms with van der Waals surface area (Å²) in [6.45, 7) is 0. The summed E-state index contributed by atoms with van der Waals surface area (Å²) < 4.78 is 47.8. The van der Waals surface area contributed by atoms with E-state index < -0.39 is 0 Å². The van der Waals surface area contributed by atoms with Crippen molar-refractivity contribution in [1.82, 2.24) is 9.97 Å². The summed E-state index contributed by atoms with van der Waals surface area (Å²) in [6, 6.07) is 15.8. The van der Waals surface area contributed by atoms with Gasteiger partial charge in [0.25, 0.3) is 11.8 Å². The Morgan fingerprint density at radius 1 is 0.611 bits per heavy atom. The van der Waals surface area contributed by atoms with Crippen LogP contribution in [0.3, 0.4) is 0 Å². The Bertz CT molecular complexity index is 1220. The van der Waals surface area contributed by atoms with Crippen LogP contribution < -0.4 is 18.9 Å². The van der Waals surface area contributed by atoms with Crippen LogP contribution in [-0.2, 0) is 0 Å². The molecule has 6 nitrogen and oxygen atoms in total. The fourth-order valence-electron chi connectivity index (χ4n) is 3.14. The molecule has 0 spiro atoms. The molecule has 4 rings (SSSR count). The molecule has 0 bridgehead atoms. The number of methoxy groups -OCH3 is 4. The number of benzene rings is 2. The number of ether oxygens (including phenoxy) is 4. The first kappa shape index (κ1) is 27.3. The largest absolute Gasteiger partial charge is 0.491 e. The van der Waals surface area contributed by atoms with E-state index in [0.29, 0.717) is 33.6 Å². The normalized spacial score (nSPS) is 10.2. The van der Waals surface area contributed by atoms with Gasteiger partial charge < -0.3 is 18.9 Å². The highest BCUT2D eigenvalue weighted by atomic mass is 79.9. The molecule has 36 heavy (non-hydrogen) atoms. The topological polar surface area (TPSA) is 62.7 Å². The average Bonchev–Trinajstić information content (AvgIpc) is 2.90. The molecular formula is C26H22Br2F2N2O4. The van der Waals surface area contributed by atoms with Crippen molar-refractivity contribution < 1.29 is 27.7 Å². The van der Waals surface area contributed by atoms with Crippen molar-refractivity contribution in [2.45, 2.75) is 0 Å². The van der Waals surface area contributed by atoms with Gasteiger partial charge in [0.15, 0.2) is 11.5 Å². The quantitative estimate of drug-likeness (QED) is 0.210. The molecule has 4 aromatic rings. The number of rotatable bonds is 6. The highest BCUT2D eigenvalue weighted by molar-refractivity contribution is 9.10. The van der Waals surface area contributed by atoms with Crippen molar-refractivity contribution in [3.05, 3.63) is 81.4 Å². The Morgan fingerprint density at radius 2 is 1.08 bits per heavy atom. The third kappa shape index (κ3) is 6.50. The van der Waals surface area contributed by atoms with Gasteiger partial charge in [0, 0.05) is 21.7 Å². The second-order valence-corrected chi connectivity index (χ2v) is 8.69. The van der Waals surface area contributed by atoms with Crippen LogP contribution in [0.5, 0.6) is 23.3 Å². The molecule has 2 aromatic carbocycles. The molecule has 0 fully saturated rings. The van der Waals surface area contributed by atoms with Crippen LogP contribution >= 0.6 is 31.9 Å². The van der Waals surface area contributed by atoms with Crippen LogP contribution in [0.2, 0.25) is 0 Å². The zero-order chi connectivity index (χ0) is 26.2. The van der Waals surface area contributed by atoms with Gasteiger partial charge in [0.05, 0.1) is 34.1 Å². The van der Waals surface area contributed by atoms with Gasteiger partial charge in [-0.1, -0.05) is 12.1 Å². The second-order valence-electron chi connectivity index (χ2n) is 7.08. The fourth-order valence-corrected chi connectivity index (χ4v) is 4.17. The smallest absolute Gasteiger partial charge is 0.257 e. The number of pyridine rings is 2. The second kappa shape index (κ2) is 12.6. The van der Waals surface area contributed by atoms with Gasteiger partial charge in [-0.2, -0.15) is 0 Å². The molecule has 0 atom stereocenters. The monoisotopic (exact) mass is 622 g/mol. The lowest BCUT2D eigenvalue weighted by molar-refractivity contribution is 0.342. The molecule has 0 N–H and O–H groups in total. The average molecular weight is 624 g/mol. The van der Waals surface area contributed by atoms with E-state index in [9.17, 15) is 8.78 Å². The van der Waals surface area contributed by atoms with E-state index in [1.165, 1.54) is 38.5 Å². The molecule has 0 aliphatic rings. The maximum atomic E-state index is 12.9. The number of nitrogens with zero attached hydrogens (tertiary/aromatic N) is 2. The minimum atomic E-state index is -0.282. The van der Waals surface area contributed by atoms with Crippen molar-refractivity contribution in [1.29, 1.82) is 0 Å². The molecular weight excluding hydrogens is 602 g/mol. The summed E-state index contributed by atoms with van der Waals surface area (Å²) >= 11 is 6.78. The first-order valence-corrected chi connectivity index (χ1v) is 12.0. The molecule has 0 aliphatic heterocycles. The zero-order valence-electron chi connectivity index (χ0n) is 19.8. The van der Waals surface area contributed by atoms with Gasteiger partial charge in [0.1, 0.15) is 16.2 Å². The van der Waals surface area contributed by atoms with Crippen molar-refractivity contribution in [2.24, 2.45) is 0 Å². The summed E-state index contributed by atoms with van der Waals surface area (Å²) in [5.41, 5.74) is 3.13. The number of hydrogen-bond acceptors (Lipinski definition) is 6. The lowest BCUT2D eigenvalue weighted by Gasteiger charge is -2.10. The molecule has 2 aromatic heterocycles. The minimum absolute atomic E-state index is 0.275. The van der Waals surface area contributed by atoms with Crippen molar-refractivity contribution >= 4 is 31.9 Å².